The monoisotopic (exact) mass is 465 g/mol. The Morgan fingerprint density at radius 2 is 2.03 bits per heavy atom. The first-order valence-electron chi connectivity index (χ1n) is 9.77. The Labute approximate surface area is 184 Å². The van der Waals surface area contributed by atoms with Crippen molar-refractivity contribution in [3.8, 4) is 5.75 Å². The maximum absolute atomic E-state index is 14.8. The van der Waals surface area contributed by atoms with Crippen LogP contribution in [-0.2, 0) is 17.1 Å². The van der Waals surface area contributed by atoms with E-state index in [-0.39, 0.29) is 28.6 Å². The van der Waals surface area contributed by atoms with Gasteiger partial charge in [0.1, 0.15) is 34.7 Å². The lowest BCUT2D eigenvalue weighted by Gasteiger charge is -2.32. The van der Waals surface area contributed by atoms with Crippen molar-refractivity contribution in [1.29, 1.82) is 0 Å². The summed E-state index contributed by atoms with van der Waals surface area (Å²) in [4.78, 5) is 6.91. The molecule has 2 aromatic heterocycles. The van der Waals surface area contributed by atoms with Crippen LogP contribution < -0.4 is 9.46 Å². The number of nitrogens with zero attached hydrogens (tertiary/aromatic N) is 4. The van der Waals surface area contributed by atoms with Crippen LogP contribution in [0.1, 0.15) is 37.3 Å². The van der Waals surface area contributed by atoms with Crippen molar-refractivity contribution in [3.05, 3.63) is 59.5 Å². The number of ether oxygens (including phenoxy) is 1. The molecule has 0 amide bonds. The maximum Gasteiger partial charge on any atom is 0.266 e. The summed E-state index contributed by atoms with van der Waals surface area (Å²) in [6.07, 6.45) is 7.80. The van der Waals surface area contributed by atoms with Crippen molar-refractivity contribution in [1.82, 2.24) is 19.7 Å². The minimum Gasteiger partial charge on any atom is -0.488 e. The van der Waals surface area contributed by atoms with E-state index in [2.05, 4.69) is 19.8 Å². The molecular weight excluding hydrogens is 445 g/mol. The molecular formula is C20H21ClFN5O3S. The lowest BCUT2D eigenvalue weighted by molar-refractivity contribution is 0.126. The third kappa shape index (κ3) is 4.64. The number of sulfonamides is 1. The van der Waals surface area contributed by atoms with Gasteiger partial charge in [0.25, 0.3) is 10.0 Å². The molecule has 164 valence electrons. The molecule has 8 nitrogen and oxygen atoms in total. The summed E-state index contributed by atoms with van der Waals surface area (Å²) < 4.78 is 50.1. The lowest BCUT2D eigenvalue weighted by atomic mass is 9.84. The Balaban J connectivity index is 1.59. The molecule has 1 N–H and O–H groups in total. The van der Waals surface area contributed by atoms with E-state index in [1.807, 2.05) is 17.8 Å². The van der Waals surface area contributed by atoms with Crippen molar-refractivity contribution < 1.29 is 17.5 Å². The van der Waals surface area contributed by atoms with Crippen LogP contribution in [0.3, 0.4) is 0 Å². The van der Waals surface area contributed by atoms with Gasteiger partial charge in [0.15, 0.2) is 0 Å². The molecule has 0 bridgehead atoms. The van der Waals surface area contributed by atoms with Gasteiger partial charge in [-0.15, -0.1) is 0 Å². The quantitative estimate of drug-likeness (QED) is 0.592. The molecule has 0 saturated heterocycles. The van der Waals surface area contributed by atoms with Crippen LogP contribution >= 0.6 is 11.6 Å². The molecule has 1 fully saturated rings. The normalized spacial score (nSPS) is 19.2. The second-order valence-electron chi connectivity index (χ2n) is 7.34. The first-order valence-corrected chi connectivity index (χ1v) is 11.6. The second-order valence-corrected chi connectivity index (χ2v) is 9.40. The van der Waals surface area contributed by atoms with Gasteiger partial charge in [-0.25, -0.2) is 22.8 Å². The zero-order valence-electron chi connectivity index (χ0n) is 16.7. The summed E-state index contributed by atoms with van der Waals surface area (Å²) in [6.45, 7) is 0. The molecule has 1 saturated carbocycles. The fourth-order valence-corrected chi connectivity index (χ4v) is 5.21. The van der Waals surface area contributed by atoms with Crippen LogP contribution in [-0.4, -0.2) is 34.3 Å². The highest BCUT2D eigenvalue weighted by molar-refractivity contribution is 7.92. The molecule has 0 radical (unpaired) electrons. The van der Waals surface area contributed by atoms with Crippen LogP contribution in [0, 0.1) is 5.82 Å². The number of hydrogen-bond acceptors (Lipinski definition) is 6. The standard InChI is InChI=1S/C20H21ClFN5O3S/c1-27-16(6-9-25-27)13-4-2-3-5-17(13)30-18-11-15(22)19(10-14(18)21)31(28,29)26-20-7-8-23-12-24-20/h6-13,17H,2-5H2,1H3,(H,23,24,26)/t13-,17-/m1/s1. The van der Waals surface area contributed by atoms with Gasteiger partial charge in [-0.05, 0) is 37.5 Å². The number of hydrogen-bond donors (Lipinski definition) is 1. The Bertz CT molecular complexity index is 1170. The number of rotatable bonds is 6. The fourth-order valence-electron chi connectivity index (χ4n) is 3.84. The molecule has 3 aromatic rings. The van der Waals surface area contributed by atoms with Gasteiger partial charge in [0.05, 0.1) is 5.02 Å². The highest BCUT2D eigenvalue weighted by atomic mass is 35.5. The van der Waals surface area contributed by atoms with E-state index in [0.29, 0.717) is 0 Å². The molecule has 2 heterocycles. The molecule has 31 heavy (non-hydrogen) atoms. The van der Waals surface area contributed by atoms with E-state index in [1.165, 1.54) is 18.6 Å². The van der Waals surface area contributed by atoms with Crippen LogP contribution in [0.4, 0.5) is 10.2 Å². The molecule has 1 aromatic carbocycles. The van der Waals surface area contributed by atoms with E-state index >= 15 is 0 Å². The number of benzene rings is 1. The Morgan fingerprint density at radius 1 is 1.23 bits per heavy atom. The number of halogens is 2. The predicted molar refractivity (Wildman–Crippen MR) is 113 cm³/mol. The van der Waals surface area contributed by atoms with Crippen LogP contribution in [0.25, 0.3) is 0 Å². The fraction of sp³-hybridized carbons (Fsp3) is 0.350. The maximum atomic E-state index is 14.8. The van der Waals surface area contributed by atoms with Crippen molar-refractivity contribution >= 4 is 27.4 Å². The average molecular weight is 466 g/mol. The Hall–Kier alpha value is -2.72. The van der Waals surface area contributed by atoms with Crippen molar-refractivity contribution in [3.63, 3.8) is 0 Å². The van der Waals surface area contributed by atoms with E-state index in [4.69, 9.17) is 16.3 Å². The molecule has 0 unspecified atom stereocenters. The van der Waals surface area contributed by atoms with E-state index in [9.17, 15) is 12.8 Å². The average Bonchev–Trinajstić information content (AvgIpc) is 3.17. The molecule has 2 atom stereocenters. The van der Waals surface area contributed by atoms with Crippen molar-refractivity contribution in [2.75, 3.05) is 4.72 Å². The minimum atomic E-state index is -4.24. The molecule has 0 spiro atoms. The summed E-state index contributed by atoms with van der Waals surface area (Å²) in [5, 5.41) is 4.24. The first-order chi connectivity index (χ1) is 14.8. The van der Waals surface area contributed by atoms with Gasteiger partial charge < -0.3 is 4.74 Å². The van der Waals surface area contributed by atoms with Crippen LogP contribution in [0.2, 0.25) is 5.02 Å². The third-order valence-electron chi connectivity index (χ3n) is 5.32. The first kappa shape index (κ1) is 21.5. The van der Waals surface area contributed by atoms with Gasteiger partial charge in [-0.3, -0.25) is 9.40 Å². The highest BCUT2D eigenvalue weighted by Crippen LogP contribution is 2.38. The van der Waals surface area contributed by atoms with Gasteiger partial charge in [-0.1, -0.05) is 18.0 Å². The molecule has 0 aliphatic heterocycles. The highest BCUT2D eigenvalue weighted by Gasteiger charge is 2.31. The number of aromatic nitrogens is 4. The summed E-state index contributed by atoms with van der Waals surface area (Å²) >= 11 is 6.31. The van der Waals surface area contributed by atoms with Crippen molar-refractivity contribution in [2.24, 2.45) is 7.05 Å². The smallest absolute Gasteiger partial charge is 0.266 e. The predicted octanol–water partition coefficient (Wildman–Crippen LogP) is 3.91. The minimum absolute atomic E-state index is 0.0128. The zero-order valence-corrected chi connectivity index (χ0v) is 18.3. The second kappa shape index (κ2) is 8.80. The summed E-state index contributed by atoms with van der Waals surface area (Å²) in [5.74, 6) is -0.747. The topological polar surface area (TPSA) is 99.0 Å². The Morgan fingerprint density at radius 3 is 2.74 bits per heavy atom. The number of aryl methyl sites for hydroxylation is 1. The molecule has 1 aliphatic carbocycles. The molecule has 1 aliphatic rings. The number of anilines is 1. The third-order valence-corrected chi connectivity index (χ3v) is 6.98. The zero-order chi connectivity index (χ0) is 22.0. The van der Waals surface area contributed by atoms with Crippen LogP contribution in [0.15, 0.2) is 47.9 Å². The van der Waals surface area contributed by atoms with Crippen molar-refractivity contribution in [2.45, 2.75) is 42.6 Å². The largest absolute Gasteiger partial charge is 0.488 e. The molecule has 11 heteroatoms. The van der Waals surface area contributed by atoms with Gasteiger partial charge in [0, 0.05) is 37.1 Å². The van der Waals surface area contributed by atoms with E-state index < -0.39 is 20.7 Å². The van der Waals surface area contributed by atoms with Gasteiger partial charge >= 0.3 is 0 Å². The van der Waals surface area contributed by atoms with Gasteiger partial charge in [-0.2, -0.15) is 5.10 Å². The van der Waals surface area contributed by atoms with Crippen LogP contribution in [0.5, 0.6) is 5.75 Å². The van der Waals surface area contributed by atoms with E-state index in [1.54, 1.807) is 6.20 Å². The van der Waals surface area contributed by atoms with E-state index in [0.717, 1.165) is 43.5 Å². The summed E-state index contributed by atoms with van der Waals surface area (Å²) in [7, 11) is -2.36. The lowest BCUT2D eigenvalue weighted by Crippen LogP contribution is -2.30. The molecule has 4 rings (SSSR count). The Kier molecular flexibility index (Phi) is 6.10. The SMILES string of the molecule is Cn1nccc1[C@H]1CCCC[C@H]1Oc1cc(F)c(S(=O)(=O)Nc2ccncn2)cc1Cl. The summed E-state index contributed by atoms with van der Waals surface area (Å²) in [5.41, 5.74) is 1.04. The van der Waals surface area contributed by atoms with Gasteiger partial charge in [0.2, 0.25) is 0 Å². The summed E-state index contributed by atoms with van der Waals surface area (Å²) in [6, 6.07) is 5.38. The number of nitrogens with one attached hydrogen (secondary N) is 1.